The molecule has 2 nitrogen and oxygen atoms in total. The first-order chi connectivity index (χ1) is 9.76. The highest BCUT2D eigenvalue weighted by atomic mass is 16.6. The highest BCUT2D eigenvalue weighted by Gasteiger charge is 2.01. The first-order valence-electron chi connectivity index (χ1n) is 6.61. The first-order valence-corrected chi connectivity index (χ1v) is 6.61. The average molecular weight is 264 g/mol. The zero-order valence-corrected chi connectivity index (χ0v) is 11.3. The Hall–Kier alpha value is -2.32. The predicted octanol–water partition coefficient (Wildman–Crippen LogP) is 4.14. The Morgan fingerprint density at radius 1 is 0.800 bits per heavy atom. The van der Waals surface area contributed by atoms with E-state index >= 15 is 0 Å². The maximum absolute atomic E-state index is 8.78. The summed E-state index contributed by atoms with van der Waals surface area (Å²) in [5, 5.41) is 11.0. The van der Waals surface area contributed by atoms with Gasteiger partial charge < -0.3 is 9.84 Å². The Bertz CT molecular complexity index is 730. The molecule has 0 aromatic heterocycles. The fourth-order valence-electron chi connectivity index (χ4n) is 2.31. The third kappa shape index (κ3) is 2.51. The number of aliphatic hydroxyl groups excluding tert-OH is 1. The third-order valence-electron chi connectivity index (χ3n) is 3.43. The largest absolute Gasteiger partial charge is 0.468 e. The lowest BCUT2D eigenvalue weighted by atomic mass is 10.0. The van der Waals surface area contributed by atoms with Crippen LogP contribution in [0.15, 0.2) is 60.7 Å². The Balaban J connectivity index is 2.02. The van der Waals surface area contributed by atoms with Crippen LogP contribution in [0.3, 0.4) is 0 Å². The van der Waals surface area contributed by atoms with Gasteiger partial charge >= 0.3 is 0 Å². The van der Waals surface area contributed by atoms with Crippen molar-refractivity contribution in [2.75, 3.05) is 6.79 Å². The van der Waals surface area contributed by atoms with Gasteiger partial charge in [-0.1, -0.05) is 48.0 Å². The Kier molecular flexibility index (Phi) is 3.40. The zero-order valence-electron chi connectivity index (χ0n) is 11.3. The lowest BCUT2D eigenvalue weighted by molar-refractivity contribution is 0.0987. The highest BCUT2D eigenvalue weighted by molar-refractivity contribution is 5.88. The molecule has 0 saturated heterocycles. The Labute approximate surface area is 118 Å². The minimum atomic E-state index is -0.299. The second-order valence-corrected chi connectivity index (χ2v) is 4.86. The van der Waals surface area contributed by atoms with Gasteiger partial charge in [-0.05, 0) is 47.0 Å². The molecule has 0 fully saturated rings. The van der Waals surface area contributed by atoms with Crippen molar-refractivity contribution in [1.29, 1.82) is 0 Å². The molecule has 0 radical (unpaired) electrons. The monoisotopic (exact) mass is 264 g/mol. The van der Waals surface area contributed by atoms with Crippen LogP contribution in [0.1, 0.15) is 5.56 Å². The summed E-state index contributed by atoms with van der Waals surface area (Å²) in [6.45, 7) is 1.79. The maximum Gasteiger partial charge on any atom is 0.186 e. The van der Waals surface area contributed by atoms with Gasteiger partial charge in [0.05, 0.1) is 0 Å². The van der Waals surface area contributed by atoms with Crippen molar-refractivity contribution in [1.82, 2.24) is 0 Å². The van der Waals surface area contributed by atoms with Crippen molar-refractivity contribution < 1.29 is 9.84 Å². The van der Waals surface area contributed by atoms with Crippen molar-refractivity contribution >= 4 is 10.8 Å². The summed E-state index contributed by atoms with van der Waals surface area (Å²) < 4.78 is 5.10. The molecule has 0 saturated carbocycles. The standard InChI is InChI=1S/C18H16O2/c1-13-2-4-14(5-3-13)15-6-7-17-11-18(20-12-19)9-8-16(17)10-15/h2-11,19H,12H2,1H3. The lowest BCUT2D eigenvalue weighted by Crippen LogP contribution is -1.93. The molecule has 0 heterocycles. The molecule has 2 heteroatoms. The lowest BCUT2D eigenvalue weighted by Gasteiger charge is -2.07. The van der Waals surface area contributed by atoms with Crippen LogP contribution < -0.4 is 4.74 Å². The number of hydrogen-bond donors (Lipinski definition) is 1. The molecule has 0 aliphatic carbocycles. The minimum Gasteiger partial charge on any atom is -0.468 e. The zero-order chi connectivity index (χ0) is 13.9. The van der Waals surface area contributed by atoms with E-state index in [4.69, 9.17) is 9.84 Å². The van der Waals surface area contributed by atoms with Crippen LogP contribution in [0.2, 0.25) is 0 Å². The number of benzene rings is 3. The second-order valence-electron chi connectivity index (χ2n) is 4.86. The van der Waals surface area contributed by atoms with Crippen molar-refractivity contribution in [2.24, 2.45) is 0 Å². The van der Waals surface area contributed by atoms with E-state index < -0.39 is 0 Å². The van der Waals surface area contributed by atoms with Crippen LogP contribution in [0.4, 0.5) is 0 Å². The van der Waals surface area contributed by atoms with Crippen molar-refractivity contribution in [3.63, 3.8) is 0 Å². The number of aryl methyl sites for hydroxylation is 1. The minimum absolute atomic E-state index is 0.299. The maximum atomic E-state index is 8.78. The fraction of sp³-hybridized carbons (Fsp3) is 0.111. The summed E-state index contributed by atoms with van der Waals surface area (Å²) in [7, 11) is 0. The molecule has 1 N–H and O–H groups in total. The van der Waals surface area contributed by atoms with E-state index in [0.717, 1.165) is 10.8 Å². The molecule has 0 spiro atoms. The molecule has 3 aromatic rings. The summed E-state index contributed by atoms with van der Waals surface area (Å²) in [6.07, 6.45) is 0. The van der Waals surface area contributed by atoms with Gasteiger partial charge in [-0.2, -0.15) is 0 Å². The molecule has 3 rings (SSSR count). The Morgan fingerprint density at radius 2 is 1.45 bits per heavy atom. The normalized spacial score (nSPS) is 10.7. The molecule has 0 aliphatic heterocycles. The third-order valence-corrected chi connectivity index (χ3v) is 3.43. The summed E-state index contributed by atoms with van der Waals surface area (Å²) in [5.41, 5.74) is 3.68. The van der Waals surface area contributed by atoms with Crippen LogP contribution in [0, 0.1) is 6.92 Å². The van der Waals surface area contributed by atoms with Gasteiger partial charge in [-0.15, -0.1) is 0 Å². The van der Waals surface area contributed by atoms with E-state index in [1.807, 2.05) is 18.2 Å². The number of ether oxygens (including phenoxy) is 1. The smallest absolute Gasteiger partial charge is 0.186 e. The molecule has 0 bridgehead atoms. The number of rotatable bonds is 3. The fourth-order valence-corrected chi connectivity index (χ4v) is 2.31. The van der Waals surface area contributed by atoms with E-state index in [1.54, 1.807) is 0 Å². The van der Waals surface area contributed by atoms with Crippen LogP contribution in [-0.4, -0.2) is 11.9 Å². The molecule has 0 aliphatic rings. The van der Waals surface area contributed by atoms with Crippen LogP contribution in [-0.2, 0) is 0 Å². The molecule has 3 aromatic carbocycles. The SMILES string of the molecule is Cc1ccc(-c2ccc3cc(OCO)ccc3c2)cc1. The molecule has 0 amide bonds. The summed E-state index contributed by atoms with van der Waals surface area (Å²) in [4.78, 5) is 0. The van der Waals surface area contributed by atoms with E-state index in [-0.39, 0.29) is 6.79 Å². The van der Waals surface area contributed by atoms with Gasteiger partial charge in [-0.3, -0.25) is 0 Å². The predicted molar refractivity (Wildman–Crippen MR) is 81.8 cm³/mol. The number of fused-ring (bicyclic) bond motifs is 1. The molecule has 20 heavy (non-hydrogen) atoms. The van der Waals surface area contributed by atoms with Crippen molar-refractivity contribution in [3.8, 4) is 16.9 Å². The summed E-state index contributed by atoms with van der Waals surface area (Å²) in [6, 6.07) is 20.7. The van der Waals surface area contributed by atoms with E-state index in [1.165, 1.54) is 16.7 Å². The second kappa shape index (κ2) is 5.35. The van der Waals surface area contributed by atoms with Gasteiger partial charge in [-0.25, -0.2) is 0 Å². The number of aliphatic hydroxyl groups is 1. The quantitative estimate of drug-likeness (QED) is 0.720. The molecular weight excluding hydrogens is 248 g/mol. The topological polar surface area (TPSA) is 29.5 Å². The van der Waals surface area contributed by atoms with Gasteiger partial charge in [0, 0.05) is 0 Å². The molecule has 0 atom stereocenters. The van der Waals surface area contributed by atoms with Gasteiger partial charge in [0.15, 0.2) is 6.79 Å². The van der Waals surface area contributed by atoms with Crippen LogP contribution >= 0.6 is 0 Å². The van der Waals surface area contributed by atoms with E-state index in [2.05, 4.69) is 49.4 Å². The van der Waals surface area contributed by atoms with Crippen LogP contribution in [0.25, 0.3) is 21.9 Å². The van der Waals surface area contributed by atoms with Crippen LogP contribution in [0.5, 0.6) is 5.75 Å². The van der Waals surface area contributed by atoms with E-state index in [0.29, 0.717) is 5.75 Å². The molecule has 100 valence electrons. The summed E-state index contributed by atoms with van der Waals surface area (Å²) >= 11 is 0. The molecular formula is C18H16O2. The molecule has 0 unspecified atom stereocenters. The van der Waals surface area contributed by atoms with Gasteiger partial charge in [0.25, 0.3) is 0 Å². The van der Waals surface area contributed by atoms with Gasteiger partial charge in [0.2, 0.25) is 0 Å². The Morgan fingerprint density at radius 3 is 2.20 bits per heavy atom. The average Bonchev–Trinajstić information content (AvgIpc) is 2.48. The number of hydrogen-bond acceptors (Lipinski definition) is 2. The van der Waals surface area contributed by atoms with E-state index in [9.17, 15) is 0 Å². The van der Waals surface area contributed by atoms with Crippen molar-refractivity contribution in [2.45, 2.75) is 6.92 Å². The van der Waals surface area contributed by atoms with Crippen molar-refractivity contribution in [3.05, 3.63) is 66.2 Å². The van der Waals surface area contributed by atoms with Gasteiger partial charge in [0.1, 0.15) is 5.75 Å². The first kappa shape index (κ1) is 12.7. The summed E-state index contributed by atoms with van der Waals surface area (Å²) in [5.74, 6) is 0.683. The highest BCUT2D eigenvalue weighted by Crippen LogP contribution is 2.27.